The third-order valence-corrected chi connectivity index (χ3v) is 7.02. The Balaban J connectivity index is 2.00. The maximum atomic E-state index is 13.9. The standard InChI is InChI=1S/C19H17BrF3N3O2S/c20-12-8-16(25-6-4-24-5-7-25)18-15(19(22)23)11-26(17(18)9-12)29(27,28)14-3-1-2-13(21)10-14/h1-3,8-11,19,24H,4-7H2. The Bertz CT molecular complexity index is 1170. The Labute approximate surface area is 174 Å². The predicted octanol–water partition coefficient (Wildman–Crippen LogP) is 4.13. The second kappa shape index (κ2) is 7.66. The number of piperazine rings is 1. The zero-order chi connectivity index (χ0) is 20.8. The van der Waals surface area contributed by atoms with Crippen LogP contribution >= 0.6 is 15.9 Å². The topological polar surface area (TPSA) is 54.3 Å². The molecule has 2 heterocycles. The number of hydrogen-bond acceptors (Lipinski definition) is 4. The van der Waals surface area contributed by atoms with Crippen molar-refractivity contribution in [2.24, 2.45) is 0 Å². The second-order valence-electron chi connectivity index (χ2n) is 6.70. The van der Waals surface area contributed by atoms with Crippen molar-refractivity contribution in [2.45, 2.75) is 11.3 Å². The molecule has 1 fully saturated rings. The first-order valence-corrected chi connectivity index (χ1v) is 11.1. The molecule has 0 bridgehead atoms. The van der Waals surface area contributed by atoms with Crippen LogP contribution in [-0.4, -0.2) is 38.6 Å². The van der Waals surface area contributed by atoms with E-state index in [2.05, 4.69) is 21.2 Å². The molecule has 0 saturated carbocycles. The van der Waals surface area contributed by atoms with Crippen LogP contribution in [-0.2, 0) is 10.0 Å². The van der Waals surface area contributed by atoms with Gasteiger partial charge in [0, 0.05) is 53.5 Å². The number of alkyl halides is 2. The highest BCUT2D eigenvalue weighted by molar-refractivity contribution is 9.10. The van der Waals surface area contributed by atoms with Gasteiger partial charge in [0.15, 0.2) is 0 Å². The molecule has 29 heavy (non-hydrogen) atoms. The number of anilines is 1. The number of nitrogens with one attached hydrogen (secondary N) is 1. The Morgan fingerprint density at radius 1 is 1.10 bits per heavy atom. The Kier molecular flexibility index (Phi) is 5.34. The summed E-state index contributed by atoms with van der Waals surface area (Å²) in [5.41, 5.74) is 0.285. The number of nitrogens with zero attached hydrogens (tertiary/aromatic N) is 2. The van der Waals surface area contributed by atoms with Crippen molar-refractivity contribution in [3.63, 3.8) is 0 Å². The van der Waals surface area contributed by atoms with Gasteiger partial charge in [0.2, 0.25) is 0 Å². The molecule has 1 N–H and O–H groups in total. The minimum atomic E-state index is -4.27. The Hall–Kier alpha value is -2.04. The van der Waals surface area contributed by atoms with Crippen LogP contribution in [0.4, 0.5) is 18.9 Å². The Morgan fingerprint density at radius 2 is 1.83 bits per heavy atom. The second-order valence-corrected chi connectivity index (χ2v) is 9.43. The summed E-state index contributed by atoms with van der Waals surface area (Å²) in [7, 11) is -4.27. The molecule has 1 aromatic heterocycles. The van der Waals surface area contributed by atoms with Crippen LogP contribution in [0.2, 0.25) is 0 Å². The summed E-state index contributed by atoms with van der Waals surface area (Å²) in [5.74, 6) is -0.723. The lowest BCUT2D eigenvalue weighted by Gasteiger charge is -2.30. The fourth-order valence-corrected chi connectivity index (χ4v) is 5.40. The SMILES string of the molecule is O=S(=O)(c1cccc(F)c1)n1cc(C(F)F)c2c(N3CCNCC3)cc(Br)cc21. The highest BCUT2D eigenvalue weighted by Crippen LogP contribution is 2.40. The van der Waals surface area contributed by atoms with Crippen molar-refractivity contribution in [1.29, 1.82) is 0 Å². The monoisotopic (exact) mass is 487 g/mol. The minimum Gasteiger partial charge on any atom is -0.368 e. The van der Waals surface area contributed by atoms with Crippen LogP contribution in [0.25, 0.3) is 10.9 Å². The molecule has 1 aliphatic heterocycles. The normalized spacial score (nSPS) is 15.4. The lowest BCUT2D eigenvalue weighted by atomic mass is 10.1. The van der Waals surface area contributed by atoms with Crippen molar-refractivity contribution in [3.05, 3.63) is 58.4 Å². The average Bonchev–Trinajstić information content (AvgIpc) is 3.08. The van der Waals surface area contributed by atoms with E-state index >= 15 is 0 Å². The van der Waals surface area contributed by atoms with Gasteiger partial charge in [-0.3, -0.25) is 0 Å². The molecule has 1 aliphatic rings. The highest BCUT2D eigenvalue weighted by atomic mass is 79.9. The van der Waals surface area contributed by atoms with Gasteiger partial charge in [-0.15, -0.1) is 0 Å². The van der Waals surface area contributed by atoms with Crippen molar-refractivity contribution < 1.29 is 21.6 Å². The van der Waals surface area contributed by atoms with Crippen LogP contribution in [0.15, 0.2) is 52.0 Å². The molecule has 1 saturated heterocycles. The molecule has 3 aromatic rings. The molecule has 154 valence electrons. The van der Waals surface area contributed by atoms with E-state index in [1.165, 1.54) is 18.2 Å². The molecular weight excluding hydrogens is 471 g/mol. The third kappa shape index (κ3) is 3.64. The molecule has 2 aromatic carbocycles. The summed E-state index contributed by atoms with van der Waals surface area (Å²) >= 11 is 3.37. The van der Waals surface area contributed by atoms with Gasteiger partial charge in [-0.25, -0.2) is 25.6 Å². The van der Waals surface area contributed by atoms with E-state index in [0.29, 0.717) is 36.3 Å². The lowest BCUT2D eigenvalue weighted by Crippen LogP contribution is -2.43. The maximum absolute atomic E-state index is 13.9. The van der Waals surface area contributed by atoms with Gasteiger partial charge in [-0.1, -0.05) is 22.0 Å². The highest BCUT2D eigenvalue weighted by Gasteiger charge is 2.28. The van der Waals surface area contributed by atoms with E-state index in [-0.39, 0.29) is 21.4 Å². The fourth-order valence-electron chi connectivity index (χ4n) is 3.57. The lowest BCUT2D eigenvalue weighted by molar-refractivity contribution is 0.153. The van der Waals surface area contributed by atoms with Crippen LogP contribution < -0.4 is 10.2 Å². The van der Waals surface area contributed by atoms with Gasteiger partial charge < -0.3 is 10.2 Å². The van der Waals surface area contributed by atoms with Gasteiger partial charge in [-0.2, -0.15) is 0 Å². The number of rotatable bonds is 4. The summed E-state index contributed by atoms with van der Waals surface area (Å²) in [6.45, 7) is 2.60. The zero-order valence-electron chi connectivity index (χ0n) is 15.1. The fraction of sp³-hybridized carbons (Fsp3) is 0.263. The third-order valence-electron chi connectivity index (χ3n) is 4.89. The van der Waals surface area contributed by atoms with E-state index in [1.807, 2.05) is 4.90 Å². The van der Waals surface area contributed by atoms with Crippen molar-refractivity contribution in [1.82, 2.24) is 9.29 Å². The number of halogens is 4. The van der Waals surface area contributed by atoms with Gasteiger partial charge in [-0.05, 0) is 30.3 Å². The molecule has 0 unspecified atom stereocenters. The maximum Gasteiger partial charge on any atom is 0.268 e. The minimum absolute atomic E-state index is 0.118. The van der Waals surface area contributed by atoms with Crippen molar-refractivity contribution in [3.8, 4) is 0 Å². The largest absolute Gasteiger partial charge is 0.368 e. The predicted molar refractivity (Wildman–Crippen MR) is 109 cm³/mol. The molecule has 10 heteroatoms. The molecule has 0 aliphatic carbocycles. The first kappa shape index (κ1) is 20.2. The summed E-state index contributed by atoms with van der Waals surface area (Å²) in [4.78, 5) is 1.65. The van der Waals surface area contributed by atoms with Crippen LogP contribution in [0.3, 0.4) is 0 Å². The number of benzene rings is 2. The molecule has 0 spiro atoms. The first-order valence-electron chi connectivity index (χ1n) is 8.88. The van der Waals surface area contributed by atoms with Crippen LogP contribution in [0.5, 0.6) is 0 Å². The Morgan fingerprint density at radius 3 is 2.48 bits per heavy atom. The molecule has 0 atom stereocenters. The van der Waals surface area contributed by atoms with E-state index in [1.54, 1.807) is 6.07 Å². The zero-order valence-corrected chi connectivity index (χ0v) is 17.5. The number of aromatic nitrogens is 1. The number of fused-ring (bicyclic) bond motifs is 1. The van der Waals surface area contributed by atoms with Gasteiger partial charge >= 0.3 is 0 Å². The van der Waals surface area contributed by atoms with Crippen LogP contribution in [0, 0.1) is 5.82 Å². The van der Waals surface area contributed by atoms with Gasteiger partial charge in [0.25, 0.3) is 16.4 Å². The summed E-state index contributed by atoms with van der Waals surface area (Å²) in [6, 6.07) is 7.71. The summed E-state index contributed by atoms with van der Waals surface area (Å²) in [6.07, 6.45) is -1.93. The van der Waals surface area contributed by atoms with Crippen molar-refractivity contribution in [2.75, 3.05) is 31.1 Å². The van der Waals surface area contributed by atoms with E-state index in [9.17, 15) is 21.6 Å². The molecule has 0 radical (unpaired) electrons. The molecule has 5 nitrogen and oxygen atoms in total. The van der Waals surface area contributed by atoms with Crippen LogP contribution in [0.1, 0.15) is 12.0 Å². The summed E-state index contributed by atoms with van der Waals surface area (Å²) < 4.78 is 69.1. The van der Waals surface area contributed by atoms with Crippen molar-refractivity contribution >= 4 is 42.5 Å². The van der Waals surface area contributed by atoms with E-state index in [4.69, 9.17) is 0 Å². The first-order chi connectivity index (χ1) is 13.8. The average molecular weight is 488 g/mol. The quantitative estimate of drug-likeness (QED) is 0.601. The van der Waals surface area contributed by atoms with E-state index in [0.717, 1.165) is 22.3 Å². The van der Waals surface area contributed by atoms with E-state index < -0.39 is 22.3 Å². The molecular formula is C19H17BrF3N3O2S. The van der Waals surface area contributed by atoms with Gasteiger partial charge in [0.1, 0.15) is 5.82 Å². The smallest absolute Gasteiger partial charge is 0.268 e. The molecule has 4 rings (SSSR count). The van der Waals surface area contributed by atoms with Gasteiger partial charge in [0.05, 0.1) is 10.4 Å². The molecule has 0 amide bonds. The number of hydrogen-bond donors (Lipinski definition) is 1. The summed E-state index contributed by atoms with van der Waals surface area (Å²) in [5, 5.41) is 3.39.